The van der Waals surface area contributed by atoms with Gasteiger partial charge in [0, 0.05) is 26.2 Å². The molecular formula is C12H18N2O4S. The van der Waals surface area contributed by atoms with Gasteiger partial charge in [-0.05, 0) is 25.5 Å². The maximum absolute atomic E-state index is 12.2. The Bertz CT molecular complexity index is 564. The topological polar surface area (TPSA) is 70.8 Å². The second kappa shape index (κ2) is 5.34. The molecule has 19 heavy (non-hydrogen) atoms. The lowest BCUT2D eigenvalue weighted by Gasteiger charge is -2.19. The zero-order valence-electron chi connectivity index (χ0n) is 11.1. The zero-order chi connectivity index (χ0) is 14.0. The summed E-state index contributed by atoms with van der Waals surface area (Å²) in [6.07, 6.45) is 1.83. The normalized spacial score (nSPS) is 18.3. The van der Waals surface area contributed by atoms with Crippen molar-refractivity contribution in [3.8, 4) is 0 Å². The van der Waals surface area contributed by atoms with Crippen LogP contribution in [0.15, 0.2) is 16.5 Å². The Balaban J connectivity index is 2.05. The lowest BCUT2D eigenvalue weighted by molar-refractivity contribution is 0.0731. The molecule has 2 rings (SSSR count). The number of nitrogens with zero attached hydrogens (tertiary/aromatic N) is 2. The van der Waals surface area contributed by atoms with Gasteiger partial charge in [-0.25, -0.2) is 12.7 Å². The standard InChI is InChI=1S/C12H18N2O4S/c1-10-4-5-11(18-10)12(15)13-6-3-7-14(9-8-13)19(2,16)17/h4-5H,3,6-9H2,1-2H3. The van der Waals surface area contributed by atoms with Crippen LogP contribution in [0, 0.1) is 6.92 Å². The van der Waals surface area contributed by atoms with Crippen LogP contribution in [0.1, 0.15) is 22.7 Å². The van der Waals surface area contributed by atoms with Crippen LogP contribution in [0.3, 0.4) is 0 Å². The van der Waals surface area contributed by atoms with E-state index >= 15 is 0 Å². The van der Waals surface area contributed by atoms with E-state index < -0.39 is 10.0 Å². The third kappa shape index (κ3) is 3.36. The molecule has 0 saturated carbocycles. The van der Waals surface area contributed by atoms with E-state index in [0.717, 1.165) is 0 Å². The predicted molar refractivity (Wildman–Crippen MR) is 70.4 cm³/mol. The highest BCUT2D eigenvalue weighted by atomic mass is 32.2. The minimum absolute atomic E-state index is 0.177. The van der Waals surface area contributed by atoms with Gasteiger partial charge in [-0.15, -0.1) is 0 Å². The van der Waals surface area contributed by atoms with Crippen molar-refractivity contribution in [2.45, 2.75) is 13.3 Å². The van der Waals surface area contributed by atoms with Crippen LogP contribution in [0.2, 0.25) is 0 Å². The first-order valence-corrected chi connectivity index (χ1v) is 8.03. The van der Waals surface area contributed by atoms with Crippen LogP contribution in [-0.2, 0) is 10.0 Å². The number of carbonyl (C=O) groups is 1. The Hall–Kier alpha value is -1.34. The molecule has 1 amide bonds. The molecule has 1 aliphatic heterocycles. The van der Waals surface area contributed by atoms with Crippen molar-refractivity contribution in [1.29, 1.82) is 0 Å². The third-order valence-electron chi connectivity index (χ3n) is 3.16. The highest BCUT2D eigenvalue weighted by Crippen LogP contribution is 2.13. The van der Waals surface area contributed by atoms with Crippen molar-refractivity contribution in [2.24, 2.45) is 0 Å². The Morgan fingerprint density at radius 3 is 2.53 bits per heavy atom. The van der Waals surface area contributed by atoms with Crippen molar-refractivity contribution in [3.05, 3.63) is 23.7 Å². The highest BCUT2D eigenvalue weighted by Gasteiger charge is 2.25. The van der Waals surface area contributed by atoms with E-state index in [1.807, 2.05) is 0 Å². The molecule has 1 fully saturated rings. The van der Waals surface area contributed by atoms with Crippen molar-refractivity contribution in [2.75, 3.05) is 32.4 Å². The smallest absolute Gasteiger partial charge is 0.289 e. The summed E-state index contributed by atoms with van der Waals surface area (Å²) >= 11 is 0. The number of carbonyl (C=O) groups excluding carboxylic acids is 1. The number of amides is 1. The molecule has 2 heterocycles. The largest absolute Gasteiger partial charge is 0.456 e. The number of sulfonamides is 1. The first-order chi connectivity index (χ1) is 8.88. The number of rotatable bonds is 2. The van der Waals surface area contributed by atoms with Gasteiger partial charge in [0.05, 0.1) is 6.26 Å². The van der Waals surface area contributed by atoms with Gasteiger partial charge in [0.25, 0.3) is 5.91 Å². The van der Waals surface area contributed by atoms with Crippen LogP contribution < -0.4 is 0 Å². The number of hydrogen-bond donors (Lipinski definition) is 0. The Morgan fingerprint density at radius 1 is 1.21 bits per heavy atom. The van der Waals surface area contributed by atoms with Crippen LogP contribution in [-0.4, -0.2) is 56.0 Å². The third-order valence-corrected chi connectivity index (χ3v) is 4.47. The van der Waals surface area contributed by atoms with Gasteiger partial charge < -0.3 is 9.32 Å². The van der Waals surface area contributed by atoms with Gasteiger partial charge in [0.2, 0.25) is 10.0 Å². The van der Waals surface area contributed by atoms with Crippen LogP contribution >= 0.6 is 0 Å². The van der Waals surface area contributed by atoms with Gasteiger partial charge in [0.1, 0.15) is 5.76 Å². The van der Waals surface area contributed by atoms with E-state index in [0.29, 0.717) is 44.1 Å². The van der Waals surface area contributed by atoms with E-state index in [-0.39, 0.29) is 5.91 Å². The van der Waals surface area contributed by atoms with E-state index in [2.05, 4.69) is 0 Å². The lowest BCUT2D eigenvalue weighted by atomic mass is 10.3. The maximum atomic E-state index is 12.2. The molecule has 106 valence electrons. The predicted octanol–water partition coefficient (Wildman–Crippen LogP) is 0.696. The molecule has 6 nitrogen and oxygen atoms in total. The van der Waals surface area contributed by atoms with E-state index in [1.165, 1.54) is 10.6 Å². The summed E-state index contributed by atoms with van der Waals surface area (Å²) in [6.45, 7) is 3.52. The SMILES string of the molecule is Cc1ccc(C(=O)N2CCCN(S(C)(=O)=O)CC2)o1. The molecule has 0 spiro atoms. The molecule has 7 heteroatoms. The molecule has 1 saturated heterocycles. The van der Waals surface area contributed by atoms with Gasteiger partial charge in [0.15, 0.2) is 5.76 Å². The summed E-state index contributed by atoms with van der Waals surface area (Å²) in [4.78, 5) is 13.8. The molecule has 0 N–H and O–H groups in total. The summed E-state index contributed by atoms with van der Waals surface area (Å²) in [5.41, 5.74) is 0. The Labute approximate surface area is 113 Å². The van der Waals surface area contributed by atoms with Gasteiger partial charge in [-0.2, -0.15) is 0 Å². The van der Waals surface area contributed by atoms with Crippen LogP contribution in [0.25, 0.3) is 0 Å². The van der Waals surface area contributed by atoms with E-state index in [1.54, 1.807) is 24.0 Å². The number of furan rings is 1. The minimum atomic E-state index is -3.19. The Kier molecular flexibility index (Phi) is 3.96. The second-order valence-electron chi connectivity index (χ2n) is 4.72. The molecule has 0 unspecified atom stereocenters. The van der Waals surface area contributed by atoms with Gasteiger partial charge in [-0.1, -0.05) is 0 Å². The fourth-order valence-electron chi connectivity index (χ4n) is 2.13. The molecule has 0 radical (unpaired) electrons. The maximum Gasteiger partial charge on any atom is 0.289 e. The average molecular weight is 286 g/mol. The fourth-order valence-corrected chi connectivity index (χ4v) is 3.01. The summed E-state index contributed by atoms with van der Waals surface area (Å²) < 4.78 is 29.7. The van der Waals surface area contributed by atoms with Gasteiger partial charge >= 0.3 is 0 Å². The monoisotopic (exact) mass is 286 g/mol. The number of aryl methyl sites for hydroxylation is 1. The molecule has 1 aliphatic rings. The van der Waals surface area contributed by atoms with Crippen molar-refractivity contribution >= 4 is 15.9 Å². The highest BCUT2D eigenvalue weighted by molar-refractivity contribution is 7.88. The number of hydrogen-bond acceptors (Lipinski definition) is 4. The average Bonchev–Trinajstić information content (AvgIpc) is 2.62. The molecule has 1 aromatic heterocycles. The van der Waals surface area contributed by atoms with E-state index in [4.69, 9.17) is 4.42 Å². The molecule has 0 bridgehead atoms. The van der Waals surface area contributed by atoms with E-state index in [9.17, 15) is 13.2 Å². The van der Waals surface area contributed by atoms with Crippen molar-refractivity contribution in [1.82, 2.24) is 9.21 Å². The van der Waals surface area contributed by atoms with Crippen molar-refractivity contribution < 1.29 is 17.6 Å². The summed E-state index contributed by atoms with van der Waals surface area (Å²) in [7, 11) is -3.19. The molecular weight excluding hydrogens is 268 g/mol. The summed E-state index contributed by atoms with van der Waals surface area (Å²) in [5.74, 6) is 0.824. The minimum Gasteiger partial charge on any atom is -0.456 e. The molecule has 0 atom stereocenters. The van der Waals surface area contributed by atoms with Crippen LogP contribution in [0.5, 0.6) is 0 Å². The molecule has 0 aliphatic carbocycles. The lowest BCUT2D eigenvalue weighted by Crippen LogP contribution is -2.36. The quantitative estimate of drug-likeness (QED) is 0.802. The first kappa shape index (κ1) is 14.1. The zero-order valence-corrected chi connectivity index (χ0v) is 11.9. The molecule has 1 aromatic rings. The van der Waals surface area contributed by atoms with Crippen molar-refractivity contribution in [3.63, 3.8) is 0 Å². The van der Waals surface area contributed by atoms with Crippen LogP contribution in [0.4, 0.5) is 0 Å². The molecule has 0 aromatic carbocycles. The first-order valence-electron chi connectivity index (χ1n) is 6.19. The summed E-state index contributed by atoms with van der Waals surface area (Å²) in [5, 5.41) is 0. The fraction of sp³-hybridized carbons (Fsp3) is 0.583. The van der Waals surface area contributed by atoms with Gasteiger partial charge in [-0.3, -0.25) is 4.79 Å². The summed E-state index contributed by atoms with van der Waals surface area (Å²) in [6, 6.07) is 3.39. The Morgan fingerprint density at radius 2 is 1.95 bits per heavy atom. The second-order valence-corrected chi connectivity index (χ2v) is 6.70.